The Kier molecular flexibility index (Phi) is 22.8. The zero-order valence-corrected chi connectivity index (χ0v) is 51.4. The van der Waals surface area contributed by atoms with Crippen LogP contribution in [0.15, 0.2) is 109 Å². The Labute approximate surface area is 509 Å². The van der Waals surface area contributed by atoms with E-state index >= 15 is 0 Å². The van der Waals surface area contributed by atoms with Gasteiger partial charge in [0.1, 0.15) is 17.8 Å². The molecule has 2 aromatic heterocycles. The summed E-state index contributed by atoms with van der Waals surface area (Å²) >= 11 is 5.64. The normalized spacial score (nSPS) is 18.2. The maximum absolute atomic E-state index is 13.8. The van der Waals surface area contributed by atoms with Gasteiger partial charge in [0.05, 0.1) is 53.3 Å². The van der Waals surface area contributed by atoms with Gasteiger partial charge in [-0.2, -0.15) is 0 Å². The molecule has 2 aliphatic carbocycles. The SMILES string of the molecule is CC(C)(C)OC(=O)C[C@H]1C[C@@H](/C=C/c2c(C3CC3)nc3ccccc3c2-c2ccc(F)cc2)OC(C)(C)O1.II.O=C([O-])C[C@H](O)C[C@H](O)/C=C/c1c(C2CC2)nc2ccccc2c1-c1ccc(F)cc1.[2H]I.[K+]. The van der Waals surface area contributed by atoms with Gasteiger partial charge >= 0.3 is 57.4 Å². The largest absolute Gasteiger partial charge is 1.00 e. The van der Waals surface area contributed by atoms with E-state index in [1.165, 1.54) is 48.0 Å². The fourth-order valence-corrected chi connectivity index (χ4v) is 9.02. The minimum Gasteiger partial charge on any atom is -0.550 e. The molecule has 2 N–H and O–H groups in total. The summed E-state index contributed by atoms with van der Waals surface area (Å²) in [4.78, 5) is 33.1. The molecule has 0 spiro atoms. The summed E-state index contributed by atoms with van der Waals surface area (Å²) in [6.45, 7) is 9.31. The standard InChI is InChI=1S/C32H36FNO4.C25H24FNO4.I2.HI.K/c1-31(2,3)38-28(35)19-24-18-23(36-32(4,5)37-24)16-17-26-29(20-12-14-22(33)15-13-20)25-8-6-7-9-27(25)34-30(26)21-10-11-21;26-17-9-7-15(8-10-17)24-20-3-1-2-4-22(20)27-25(16-5-6-16)21(24)12-11-18(28)13-19(29)14-23(30)31;1-2;;/h6-9,12-17,21,23-24H,10-11,18-19H2,1-5H3;1-4,7-12,16,18-19,28-29H,5-6,13-14H2,(H,30,31);;1H;/q;;;;+1/p-1/b17-16+;12-11+;;;/t23-,24-;18-,19-;;;/m11.../s1/i/hD. The molecule has 4 aromatic carbocycles. The molecule has 3 heterocycles. The molecule has 1 aliphatic heterocycles. The summed E-state index contributed by atoms with van der Waals surface area (Å²) in [5.41, 5.74) is 8.86. The van der Waals surface area contributed by atoms with Crippen LogP contribution in [-0.4, -0.2) is 68.5 Å². The summed E-state index contributed by atoms with van der Waals surface area (Å²) in [6, 6.07) is 28.8. The zero-order valence-electron chi connectivity index (χ0n) is 42.8. The number of aliphatic carboxylic acids is 1. The van der Waals surface area contributed by atoms with Crippen LogP contribution in [0.2, 0.25) is 0 Å². The molecule has 9 rings (SSSR count). The summed E-state index contributed by atoms with van der Waals surface area (Å²) in [7, 11) is 0. The molecule has 0 radical (unpaired) electrons. The predicted octanol–water partition coefficient (Wildman–Crippen LogP) is 10.2. The van der Waals surface area contributed by atoms with Gasteiger partial charge in [0.25, 0.3) is 0 Å². The van der Waals surface area contributed by atoms with Gasteiger partial charge in [0.15, 0.2) is 5.79 Å². The first kappa shape index (κ1) is 59.9. The van der Waals surface area contributed by atoms with Crippen molar-refractivity contribution in [1.82, 2.24) is 9.97 Å². The number of aromatic nitrogens is 2. The molecule has 0 bridgehead atoms. The number of nitrogens with zero attached hydrogens (tertiary/aromatic N) is 2. The van der Waals surface area contributed by atoms with Crippen molar-refractivity contribution in [1.29, 1.82) is 0.594 Å². The Morgan fingerprint density at radius 1 is 0.808 bits per heavy atom. The quantitative estimate of drug-likeness (QED) is 0.0613. The minimum atomic E-state index is -1.36. The van der Waals surface area contributed by atoms with E-state index in [-0.39, 0.29) is 94.0 Å². The second-order valence-electron chi connectivity index (χ2n) is 19.7. The Balaban J connectivity index is 0.000000258. The fourth-order valence-electron chi connectivity index (χ4n) is 9.02. The van der Waals surface area contributed by atoms with Gasteiger partial charge in [-0.25, -0.2) is 8.78 Å². The minimum absolute atomic E-state index is 0. The molecule has 3 fully saturated rings. The monoisotopic (exact) mass is 1360 g/mol. The number of ether oxygens (including phenoxy) is 3. The number of aliphatic hydroxyl groups excluding tert-OH is 2. The number of rotatable bonds is 14. The summed E-state index contributed by atoms with van der Waals surface area (Å²) in [5.74, 6) is -2.34. The molecular formula is C57H60F2I3KN2O8. The Morgan fingerprint density at radius 2 is 1.27 bits per heavy atom. The summed E-state index contributed by atoms with van der Waals surface area (Å²) in [5, 5.41) is 32.7. The number of carboxylic acids is 1. The zero-order chi connectivity index (χ0) is 53.0. The molecule has 2 saturated carbocycles. The summed E-state index contributed by atoms with van der Waals surface area (Å²) in [6.07, 6.45) is 8.99. The van der Waals surface area contributed by atoms with Gasteiger partial charge in [0, 0.05) is 107 Å². The van der Waals surface area contributed by atoms with E-state index in [9.17, 15) is 33.7 Å². The van der Waals surface area contributed by atoms with E-state index in [0.29, 0.717) is 18.3 Å². The number of fused-ring (bicyclic) bond motifs is 2. The van der Waals surface area contributed by atoms with E-state index in [1.807, 2.05) is 89.2 Å². The first-order valence-corrected chi connectivity index (χ1v) is 30.2. The van der Waals surface area contributed by atoms with Crippen molar-refractivity contribution in [2.75, 3.05) is 0 Å². The number of para-hydroxylation sites is 2. The topological polar surface area (TPSA) is 151 Å². The second-order valence-corrected chi connectivity index (χ2v) is 19.7. The molecule has 16 heteroatoms. The number of hydrogen-bond donors (Lipinski definition) is 2. The number of carboxylic acid groups (broad SMARTS) is 1. The van der Waals surface area contributed by atoms with Crippen molar-refractivity contribution < 1.29 is 99.3 Å². The van der Waals surface area contributed by atoms with Crippen LogP contribution in [0, 0.1) is 11.6 Å². The number of aliphatic hydroxyl groups is 2. The third-order valence-electron chi connectivity index (χ3n) is 12.2. The number of benzene rings is 4. The molecule has 6 aromatic rings. The van der Waals surface area contributed by atoms with Gasteiger partial charge in [0.2, 0.25) is 0 Å². The second kappa shape index (κ2) is 27.8. The van der Waals surface area contributed by atoms with Crippen LogP contribution in [0.5, 0.6) is 0 Å². The van der Waals surface area contributed by atoms with E-state index in [2.05, 4.69) is 55.5 Å². The number of halogens is 5. The van der Waals surface area contributed by atoms with Crippen molar-refractivity contribution in [3.05, 3.63) is 143 Å². The Bertz CT molecular complexity index is 2900. The molecule has 382 valence electrons. The van der Waals surface area contributed by atoms with E-state index in [0.717, 1.165) is 92.3 Å². The third kappa shape index (κ3) is 17.6. The molecule has 4 atom stereocenters. The molecule has 0 amide bonds. The Morgan fingerprint density at radius 3 is 1.73 bits per heavy atom. The maximum atomic E-state index is 13.8. The van der Waals surface area contributed by atoms with Crippen LogP contribution < -0.4 is 56.5 Å². The van der Waals surface area contributed by atoms with Crippen molar-refractivity contribution in [3.63, 3.8) is 0 Å². The van der Waals surface area contributed by atoms with Crippen molar-refractivity contribution in [3.8, 4) is 22.3 Å². The first-order chi connectivity index (χ1) is 34.9. The molecular weight excluding hydrogens is 1300 g/mol. The average Bonchev–Trinajstić information content (AvgIpc) is 4.29. The predicted molar refractivity (Wildman–Crippen MR) is 305 cm³/mol. The van der Waals surface area contributed by atoms with Crippen LogP contribution in [0.3, 0.4) is 0 Å². The van der Waals surface area contributed by atoms with Gasteiger partial charge in [-0.15, -0.1) is 23.8 Å². The van der Waals surface area contributed by atoms with E-state index < -0.39 is 36.0 Å². The van der Waals surface area contributed by atoms with E-state index in [4.69, 9.17) is 24.8 Å². The van der Waals surface area contributed by atoms with Crippen LogP contribution in [0.1, 0.15) is 120 Å². The molecule has 10 nitrogen and oxygen atoms in total. The smallest absolute Gasteiger partial charge is 0.550 e. The third-order valence-corrected chi connectivity index (χ3v) is 12.2. The van der Waals surface area contributed by atoms with Gasteiger partial charge < -0.3 is 34.3 Å². The van der Waals surface area contributed by atoms with Crippen LogP contribution >= 0.6 is 61.0 Å². The number of hydrogen-bond acceptors (Lipinski definition) is 10. The van der Waals surface area contributed by atoms with Gasteiger partial charge in [-0.05, 0) is 108 Å². The molecule has 0 unspecified atom stereocenters. The molecule has 3 aliphatic rings. The van der Waals surface area contributed by atoms with Crippen LogP contribution in [0.4, 0.5) is 8.78 Å². The number of pyridine rings is 2. The number of carbonyl (C=O) groups excluding carboxylic acids is 2. The van der Waals surface area contributed by atoms with Crippen molar-refractivity contribution in [2.45, 2.75) is 134 Å². The number of carbonyl (C=O) groups is 2. The maximum Gasteiger partial charge on any atom is 1.00 e. The average molecular weight is 1360 g/mol. The van der Waals surface area contributed by atoms with E-state index in [1.54, 1.807) is 24.3 Å². The Hall–Kier alpha value is -2.35. The molecule has 1 saturated heterocycles. The fraction of sp³-hybridized carbons (Fsp3) is 0.368. The van der Waals surface area contributed by atoms with Crippen molar-refractivity contribution >= 4 is 107 Å². The first-order valence-electron chi connectivity index (χ1n) is 24.3. The van der Waals surface area contributed by atoms with Crippen LogP contribution in [0.25, 0.3) is 56.2 Å². The number of esters is 1. The molecule has 73 heavy (non-hydrogen) atoms. The van der Waals surface area contributed by atoms with Crippen molar-refractivity contribution in [2.24, 2.45) is 0 Å². The summed E-state index contributed by atoms with van der Waals surface area (Å²) < 4.78 is 51.0. The van der Waals surface area contributed by atoms with Crippen LogP contribution in [-0.2, 0) is 23.8 Å². The van der Waals surface area contributed by atoms with Gasteiger partial charge in [-0.1, -0.05) is 85.0 Å². The van der Waals surface area contributed by atoms with Gasteiger partial charge in [-0.3, -0.25) is 14.8 Å².